The van der Waals surface area contributed by atoms with Gasteiger partial charge in [0.05, 0.1) is 0 Å². The third-order valence-electron chi connectivity index (χ3n) is 5.59. The summed E-state index contributed by atoms with van der Waals surface area (Å²) in [5.41, 5.74) is 1.11. The minimum atomic E-state index is -2.74. The Bertz CT molecular complexity index is 433. The van der Waals surface area contributed by atoms with Gasteiger partial charge in [0, 0.05) is 31.9 Å². The van der Waals surface area contributed by atoms with Gasteiger partial charge in [0.2, 0.25) is 0 Å². The summed E-state index contributed by atoms with van der Waals surface area (Å²) in [6, 6.07) is 0.681. The maximum absolute atomic E-state index is 12.6. The van der Waals surface area contributed by atoms with Crippen LogP contribution in [0.4, 0.5) is 4.79 Å². The summed E-state index contributed by atoms with van der Waals surface area (Å²) < 4.78 is 24.3. The Morgan fingerprint density at radius 2 is 1.34 bits per heavy atom. The summed E-state index contributed by atoms with van der Waals surface area (Å²) in [7, 11) is -4.95. The summed E-state index contributed by atoms with van der Waals surface area (Å²) in [5.74, 6) is 0. The highest BCUT2D eigenvalue weighted by Gasteiger charge is 2.48. The molecule has 0 saturated heterocycles. The number of nitrogens with one attached hydrogen (secondary N) is 1. The average molecular weight is 450 g/mol. The van der Waals surface area contributed by atoms with Crippen LogP contribution in [0.1, 0.15) is 82.1 Å². The summed E-state index contributed by atoms with van der Waals surface area (Å²) in [6.45, 7) is 22.8. The lowest BCUT2D eigenvalue weighted by Gasteiger charge is -2.41. The minimum absolute atomic E-state index is 0.0902. The molecule has 0 spiro atoms. The van der Waals surface area contributed by atoms with Gasteiger partial charge in [-0.3, -0.25) is 0 Å². The number of hydrogen-bond acceptors (Lipinski definition) is 5. The van der Waals surface area contributed by atoms with Crippen LogP contribution in [0, 0.1) is 0 Å². The second-order valence-electron chi connectivity index (χ2n) is 8.62. The number of carbonyl (C=O) groups is 1. The van der Waals surface area contributed by atoms with Gasteiger partial charge in [-0.25, -0.2) is 4.79 Å². The summed E-state index contributed by atoms with van der Waals surface area (Å²) >= 11 is 0. The van der Waals surface area contributed by atoms with E-state index in [1.54, 1.807) is 0 Å². The molecule has 0 aromatic rings. The predicted molar refractivity (Wildman–Crippen MR) is 125 cm³/mol. The fraction of sp³-hybridized carbons (Fsp3) is 0.952. The zero-order valence-electron chi connectivity index (χ0n) is 20.6. The lowest BCUT2D eigenvalue weighted by molar-refractivity contribution is 0.0367. The Morgan fingerprint density at radius 3 is 1.72 bits per heavy atom. The van der Waals surface area contributed by atoms with Gasteiger partial charge < -0.3 is 23.0 Å². The molecular weight excluding hydrogens is 402 g/mol. The molecule has 29 heavy (non-hydrogen) atoms. The zero-order valence-corrected chi connectivity index (χ0v) is 22.6. The molecule has 8 heteroatoms. The van der Waals surface area contributed by atoms with Crippen LogP contribution in [-0.2, 0) is 17.7 Å². The molecular formula is C21H47NO5Si2. The van der Waals surface area contributed by atoms with E-state index in [4.69, 9.17) is 17.7 Å². The van der Waals surface area contributed by atoms with Crippen molar-refractivity contribution in [1.29, 1.82) is 0 Å². The molecule has 6 nitrogen and oxygen atoms in total. The van der Waals surface area contributed by atoms with Crippen molar-refractivity contribution in [2.45, 2.75) is 111 Å². The second kappa shape index (κ2) is 13.8. The molecule has 0 radical (unpaired) electrons. The van der Waals surface area contributed by atoms with Crippen molar-refractivity contribution < 1.29 is 22.5 Å². The first-order chi connectivity index (χ1) is 13.5. The monoisotopic (exact) mass is 449 g/mol. The Hall–Kier alpha value is -0.416. The highest BCUT2D eigenvalue weighted by molar-refractivity contribution is 6.78. The van der Waals surface area contributed by atoms with Crippen LogP contribution >= 0.6 is 0 Å². The van der Waals surface area contributed by atoms with Gasteiger partial charge in [0.15, 0.2) is 0 Å². The normalized spacial score (nSPS) is 14.0. The van der Waals surface area contributed by atoms with Crippen molar-refractivity contribution in [3.05, 3.63) is 0 Å². The summed E-state index contributed by atoms with van der Waals surface area (Å²) in [5, 5.41) is 2.96. The Labute approximate surface area is 181 Å². The molecule has 0 heterocycles. The topological polar surface area (TPSA) is 66.0 Å². The van der Waals surface area contributed by atoms with Crippen molar-refractivity contribution >= 4 is 23.2 Å². The van der Waals surface area contributed by atoms with E-state index in [1.807, 2.05) is 20.8 Å². The molecule has 0 saturated carbocycles. The molecule has 0 fully saturated rings. The summed E-state index contributed by atoms with van der Waals surface area (Å²) in [6.07, 6.45) is 1.44. The first kappa shape index (κ1) is 28.6. The fourth-order valence-electron chi connectivity index (χ4n) is 4.19. The van der Waals surface area contributed by atoms with E-state index in [0.717, 1.165) is 12.8 Å². The quantitative estimate of drug-likeness (QED) is 0.241. The zero-order chi connectivity index (χ0) is 22.7. The number of carbonyl (C=O) groups excluding carboxylic acids is 1. The predicted octanol–water partition coefficient (Wildman–Crippen LogP) is 6.11. The van der Waals surface area contributed by atoms with Crippen LogP contribution in [-0.4, -0.2) is 49.1 Å². The van der Waals surface area contributed by atoms with E-state index >= 15 is 0 Å². The Morgan fingerprint density at radius 1 is 0.862 bits per heavy atom. The van der Waals surface area contributed by atoms with Crippen LogP contribution in [0.15, 0.2) is 0 Å². The number of hydrogen-bond donors (Lipinski definition) is 1. The van der Waals surface area contributed by atoms with Gasteiger partial charge in [0.25, 0.3) is 8.32 Å². The van der Waals surface area contributed by atoms with Crippen LogP contribution in [0.5, 0.6) is 0 Å². The molecule has 1 amide bonds. The first-order valence-corrected chi connectivity index (χ1v) is 15.5. The third kappa shape index (κ3) is 8.69. The number of rotatable bonds is 15. The average Bonchev–Trinajstić information content (AvgIpc) is 2.62. The van der Waals surface area contributed by atoms with E-state index < -0.39 is 17.1 Å². The van der Waals surface area contributed by atoms with Crippen LogP contribution in [0.2, 0.25) is 22.7 Å². The van der Waals surface area contributed by atoms with Gasteiger partial charge in [-0.2, -0.15) is 0 Å². The molecule has 0 aliphatic rings. The third-order valence-corrected chi connectivity index (χ3v) is 14.7. The minimum Gasteiger partial charge on any atom is -0.503 e. The van der Waals surface area contributed by atoms with E-state index in [2.05, 4.69) is 53.8 Å². The van der Waals surface area contributed by atoms with E-state index in [9.17, 15) is 4.79 Å². The lowest BCUT2D eigenvalue weighted by atomic mass is 10.3. The van der Waals surface area contributed by atoms with Crippen molar-refractivity contribution in [3.63, 3.8) is 0 Å². The van der Waals surface area contributed by atoms with E-state index in [0.29, 0.717) is 42.4 Å². The molecule has 0 aliphatic carbocycles. The SMILES string of the molecule is CCO[Si](CCCNC(=O)O[Si](C(C)C)(C(C)C)C(C)C)(OCC)OC(C)CC. The molecule has 0 rings (SSSR count). The van der Waals surface area contributed by atoms with Gasteiger partial charge >= 0.3 is 14.9 Å². The molecule has 0 aromatic heterocycles. The van der Waals surface area contributed by atoms with Crippen molar-refractivity contribution in [2.75, 3.05) is 19.8 Å². The molecule has 1 atom stereocenters. The lowest BCUT2D eigenvalue weighted by Crippen LogP contribution is -2.51. The summed E-state index contributed by atoms with van der Waals surface area (Å²) in [4.78, 5) is 12.6. The van der Waals surface area contributed by atoms with E-state index in [1.165, 1.54) is 0 Å². The molecule has 174 valence electrons. The highest BCUT2D eigenvalue weighted by atomic mass is 28.4. The smallest absolute Gasteiger partial charge is 0.501 e. The van der Waals surface area contributed by atoms with Crippen molar-refractivity contribution in [3.8, 4) is 0 Å². The first-order valence-electron chi connectivity index (χ1n) is 11.4. The highest BCUT2D eigenvalue weighted by Crippen LogP contribution is 2.42. The van der Waals surface area contributed by atoms with Crippen LogP contribution in [0.3, 0.4) is 0 Å². The van der Waals surface area contributed by atoms with Gasteiger partial charge in [-0.1, -0.05) is 48.5 Å². The van der Waals surface area contributed by atoms with Crippen LogP contribution in [0.25, 0.3) is 0 Å². The molecule has 0 aromatic carbocycles. The second-order valence-corrected chi connectivity index (χ2v) is 16.7. The molecule has 0 aliphatic heterocycles. The van der Waals surface area contributed by atoms with Gasteiger partial charge in [0.1, 0.15) is 0 Å². The Balaban J connectivity index is 4.91. The Kier molecular flexibility index (Phi) is 13.6. The van der Waals surface area contributed by atoms with Gasteiger partial charge in [-0.15, -0.1) is 0 Å². The number of amides is 1. The van der Waals surface area contributed by atoms with Crippen molar-refractivity contribution in [2.24, 2.45) is 0 Å². The molecule has 1 N–H and O–H groups in total. The standard InChI is InChI=1S/C21H47NO5Si2/c1-11-20(10)26-28(24-12-2,25-13-3)16-14-15-22-21(23)27-29(17(4)5,18(6)7)19(8)9/h17-20H,11-16H2,1-10H3,(H,22,23). The van der Waals surface area contributed by atoms with Gasteiger partial charge in [-0.05, 0) is 50.2 Å². The molecule has 1 unspecified atom stereocenters. The van der Waals surface area contributed by atoms with Crippen molar-refractivity contribution in [1.82, 2.24) is 5.32 Å². The fourth-order valence-corrected chi connectivity index (χ4v) is 12.2. The largest absolute Gasteiger partial charge is 0.503 e. The molecule has 0 bridgehead atoms. The van der Waals surface area contributed by atoms with E-state index in [-0.39, 0.29) is 12.2 Å². The maximum atomic E-state index is 12.6. The van der Waals surface area contributed by atoms with Crippen LogP contribution < -0.4 is 5.32 Å². The maximum Gasteiger partial charge on any atom is 0.501 e.